The zero-order valence-electron chi connectivity index (χ0n) is 14.4. The first-order valence-corrected chi connectivity index (χ1v) is 8.40. The molecule has 0 radical (unpaired) electrons. The monoisotopic (exact) mass is 302 g/mol. The van der Waals surface area contributed by atoms with Crippen LogP contribution in [-0.2, 0) is 6.54 Å². The van der Waals surface area contributed by atoms with Gasteiger partial charge in [0.25, 0.3) is 0 Å². The van der Waals surface area contributed by atoms with Crippen molar-refractivity contribution >= 4 is 5.96 Å². The van der Waals surface area contributed by atoms with Crippen molar-refractivity contribution in [3.05, 3.63) is 29.6 Å². The normalized spacial score (nSPS) is 17.2. The van der Waals surface area contributed by atoms with Gasteiger partial charge in [-0.15, -0.1) is 0 Å². The van der Waals surface area contributed by atoms with Crippen LogP contribution in [0.25, 0.3) is 0 Å². The standard InChI is InChI=1S/C18H30N4/c1-14(2)11-18(9-6-10-18)13-21-17(19-4)20-12-16-8-5-7-15(3)22-16/h5,7-8,14H,6,9-13H2,1-4H3,(H2,19,20,21). The van der Waals surface area contributed by atoms with E-state index in [2.05, 4.69) is 34.5 Å². The lowest BCUT2D eigenvalue weighted by Crippen LogP contribution is -2.46. The third-order valence-corrected chi connectivity index (χ3v) is 4.49. The molecule has 0 atom stereocenters. The Morgan fingerprint density at radius 3 is 2.64 bits per heavy atom. The zero-order valence-corrected chi connectivity index (χ0v) is 14.4. The molecule has 2 rings (SSSR count). The van der Waals surface area contributed by atoms with Gasteiger partial charge >= 0.3 is 0 Å². The molecular weight excluding hydrogens is 272 g/mol. The Morgan fingerprint density at radius 2 is 2.09 bits per heavy atom. The van der Waals surface area contributed by atoms with Gasteiger partial charge in [0, 0.05) is 19.3 Å². The summed E-state index contributed by atoms with van der Waals surface area (Å²) in [6, 6.07) is 6.10. The van der Waals surface area contributed by atoms with Crippen molar-refractivity contribution in [3.63, 3.8) is 0 Å². The summed E-state index contributed by atoms with van der Waals surface area (Å²) in [5.41, 5.74) is 2.57. The molecule has 1 aromatic heterocycles. The van der Waals surface area contributed by atoms with Crippen molar-refractivity contribution in [2.45, 2.75) is 53.0 Å². The molecule has 0 saturated heterocycles. The summed E-state index contributed by atoms with van der Waals surface area (Å²) in [4.78, 5) is 8.84. The molecule has 1 aliphatic carbocycles. The Hall–Kier alpha value is -1.58. The molecule has 122 valence electrons. The minimum absolute atomic E-state index is 0.480. The van der Waals surface area contributed by atoms with E-state index in [9.17, 15) is 0 Å². The van der Waals surface area contributed by atoms with E-state index in [0.29, 0.717) is 12.0 Å². The average Bonchev–Trinajstić information content (AvgIpc) is 2.44. The lowest BCUT2D eigenvalue weighted by atomic mass is 9.64. The summed E-state index contributed by atoms with van der Waals surface area (Å²) in [7, 11) is 1.83. The number of hydrogen-bond donors (Lipinski definition) is 2. The average molecular weight is 302 g/mol. The second-order valence-corrected chi connectivity index (χ2v) is 7.00. The van der Waals surface area contributed by atoms with Gasteiger partial charge in [0.15, 0.2) is 5.96 Å². The molecule has 4 heteroatoms. The lowest BCUT2D eigenvalue weighted by molar-refractivity contribution is 0.104. The molecular formula is C18H30N4. The molecule has 1 heterocycles. The fraction of sp³-hybridized carbons (Fsp3) is 0.667. The number of pyridine rings is 1. The Labute approximate surface area is 134 Å². The van der Waals surface area contributed by atoms with E-state index >= 15 is 0 Å². The maximum atomic E-state index is 4.51. The topological polar surface area (TPSA) is 49.3 Å². The Morgan fingerprint density at radius 1 is 1.32 bits per heavy atom. The van der Waals surface area contributed by atoms with Crippen LogP contribution in [0.15, 0.2) is 23.2 Å². The van der Waals surface area contributed by atoms with Crippen LogP contribution in [-0.4, -0.2) is 24.5 Å². The van der Waals surface area contributed by atoms with Crippen molar-refractivity contribution in [1.29, 1.82) is 0 Å². The molecule has 0 bridgehead atoms. The van der Waals surface area contributed by atoms with Crippen LogP contribution in [0.3, 0.4) is 0 Å². The van der Waals surface area contributed by atoms with Crippen molar-refractivity contribution < 1.29 is 0 Å². The van der Waals surface area contributed by atoms with Gasteiger partial charge in [-0.25, -0.2) is 0 Å². The molecule has 1 fully saturated rings. The maximum absolute atomic E-state index is 4.51. The third-order valence-electron chi connectivity index (χ3n) is 4.49. The molecule has 1 saturated carbocycles. The van der Waals surface area contributed by atoms with Crippen LogP contribution in [0.5, 0.6) is 0 Å². The molecule has 4 nitrogen and oxygen atoms in total. The molecule has 0 unspecified atom stereocenters. The van der Waals surface area contributed by atoms with E-state index < -0.39 is 0 Å². The van der Waals surface area contributed by atoms with Crippen LogP contribution in [0.4, 0.5) is 0 Å². The van der Waals surface area contributed by atoms with Crippen molar-refractivity contribution in [2.24, 2.45) is 16.3 Å². The molecule has 0 amide bonds. The Bertz CT molecular complexity index is 504. The number of nitrogens with zero attached hydrogens (tertiary/aromatic N) is 2. The smallest absolute Gasteiger partial charge is 0.191 e. The summed E-state index contributed by atoms with van der Waals surface area (Å²) in [6.45, 7) is 8.38. The number of nitrogens with one attached hydrogen (secondary N) is 2. The third kappa shape index (κ3) is 4.72. The highest BCUT2D eigenvalue weighted by molar-refractivity contribution is 5.79. The fourth-order valence-electron chi connectivity index (χ4n) is 3.36. The van der Waals surface area contributed by atoms with Crippen LogP contribution in [0, 0.1) is 18.3 Å². The van der Waals surface area contributed by atoms with Crippen molar-refractivity contribution in [2.75, 3.05) is 13.6 Å². The van der Waals surface area contributed by atoms with Crippen molar-refractivity contribution in [1.82, 2.24) is 15.6 Å². The minimum Gasteiger partial charge on any atom is -0.356 e. The van der Waals surface area contributed by atoms with Gasteiger partial charge in [-0.1, -0.05) is 26.3 Å². The van der Waals surface area contributed by atoms with Gasteiger partial charge in [0.2, 0.25) is 0 Å². The predicted molar refractivity (Wildman–Crippen MR) is 92.9 cm³/mol. The zero-order chi connectivity index (χ0) is 16.0. The first-order valence-electron chi connectivity index (χ1n) is 8.40. The van der Waals surface area contributed by atoms with Gasteiger partial charge in [0.1, 0.15) is 0 Å². The highest BCUT2D eigenvalue weighted by Gasteiger charge is 2.37. The summed E-state index contributed by atoms with van der Waals surface area (Å²) in [6.07, 6.45) is 5.35. The van der Waals surface area contributed by atoms with Crippen molar-refractivity contribution in [3.8, 4) is 0 Å². The minimum atomic E-state index is 0.480. The molecule has 0 aromatic carbocycles. The second kappa shape index (κ2) is 7.61. The quantitative estimate of drug-likeness (QED) is 0.626. The van der Waals surface area contributed by atoms with Gasteiger partial charge in [0.05, 0.1) is 12.2 Å². The van der Waals surface area contributed by atoms with Gasteiger partial charge in [-0.05, 0) is 49.7 Å². The number of aryl methyl sites for hydroxylation is 1. The van der Waals surface area contributed by atoms with E-state index in [1.165, 1.54) is 25.7 Å². The van der Waals surface area contributed by atoms with E-state index in [1.807, 2.05) is 32.2 Å². The highest BCUT2D eigenvalue weighted by atomic mass is 15.2. The number of rotatable bonds is 6. The molecule has 2 N–H and O–H groups in total. The van der Waals surface area contributed by atoms with E-state index in [1.54, 1.807) is 0 Å². The first kappa shape index (κ1) is 16.8. The second-order valence-electron chi connectivity index (χ2n) is 7.00. The fourth-order valence-corrected chi connectivity index (χ4v) is 3.36. The molecule has 1 aromatic rings. The summed E-state index contributed by atoms with van der Waals surface area (Å²) >= 11 is 0. The SMILES string of the molecule is CN=C(NCc1cccc(C)n1)NCC1(CC(C)C)CCC1. The van der Waals surface area contributed by atoms with Crippen LogP contribution >= 0.6 is 0 Å². The van der Waals surface area contributed by atoms with Gasteiger partial charge in [-0.2, -0.15) is 0 Å². The number of aromatic nitrogens is 1. The van der Waals surface area contributed by atoms with Gasteiger partial charge in [-0.3, -0.25) is 9.98 Å². The maximum Gasteiger partial charge on any atom is 0.191 e. The van der Waals surface area contributed by atoms with E-state index in [-0.39, 0.29) is 0 Å². The lowest BCUT2D eigenvalue weighted by Gasteiger charge is -2.43. The molecule has 0 spiro atoms. The van der Waals surface area contributed by atoms with Crippen LogP contribution < -0.4 is 10.6 Å². The Kier molecular flexibility index (Phi) is 5.81. The first-order chi connectivity index (χ1) is 10.5. The Balaban J connectivity index is 1.82. The highest BCUT2D eigenvalue weighted by Crippen LogP contribution is 2.45. The number of hydrogen-bond acceptors (Lipinski definition) is 2. The van der Waals surface area contributed by atoms with E-state index in [0.717, 1.165) is 29.8 Å². The molecule has 22 heavy (non-hydrogen) atoms. The van der Waals surface area contributed by atoms with Crippen LogP contribution in [0.2, 0.25) is 0 Å². The predicted octanol–water partition coefficient (Wildman–Crippen LogP) is 3.27. The number of aliphatic imine (C=N–C) groups is 1. The summed E-state index contributed by atoms with van der Waals surface area (Å²) in [5.74, 6) is 1.63. The molecule has 0 aliphatic heterocycles. The molecule has 1 aliphatic rings. The summed E-state index contributed by atoms with van der Waals surface area (Å²) < 4.78 is 0. The van der Waals surface area contributed by atoms with E-state index in [4.69, 9.17) is 0 Å². The van der Waals surface area contributed by atoms with Gasteiger partial charge < -0.3 is 10.6 Å². The van der Waals surface area contributed by atoms with Crippen LogP contribution in [0.1, 0.15) is 50.9 Å². The summed E-state index contributed by atoms with van der Waals surface area (Å²) in [5, 5.41) is 6.88. The largest absolute Gasteiger partial charge is 0.356 e. The number of guanidine groups is 1.